The van der Waals surface area contributed by atoms with E-state index in [1.807, 2.05) is 42.5 Å². The van der Waals surface area contributed by atoms with E-state index in [0.29, 0.717) is 21.8 Å². The minimum absolute atomic E-state index is 0.503. The van der Waals surface area contributed by atoms with Gasteiger partial charge in [-0.2, -0.15) is 0 Å². The number of hydrogen-bond donors (Lipinski definition) is 0. The molecule has 0 spiro atoms. The van der Waals surface area contributed by atoms with Crippen molar-refractivity contribution in [3.05, 3.63) is 128 Å². The standard InChI is InChI=1S/C34H21N2O2P/c37-39(33-13-5-7-17-35-33,34-14-6-8-18-36-34)22-15-16-27-30-20-28-25-11-3-1-9-23(25)24-10-2-4-12-26(24)29(28)21-32(30)38-31(27)19-22/h1-21H. The van der Waals surface area contributed by atoms with Gasteiger partial charge in [-0.3, -0.25) is 9.97 Å². The van der Waals surface area contributed by atoms with Crippen LogP contribution in [-0.4, -0.2) is 9.97 Å². The smallest absolute Gasteiger partial charge is 0.206 e. The molecule has 0 aliphatic heterocycles. The van der Waals surface area contributed by atoms with Crippen molar-refractivity contribution in [2.45, 2.75) is 0 Å². The Morgan fingerprint density at radius 3 is 1.54 bits per heavy atom. The number of fused-ring (bicyclic) bond motifs is 9. The van der Waals surface area contributed by atoms with Crippen molar-refractivity contribution in [3.8, 4) is 0 Å². The van der Waals surface area contributed by atoms with E-state index < -0.39 is 7.14 Å². The number of benzene rings is 5. The van der Waals surface area contributed by atoms with Gasteiger partial charge in [-0.1, -0.05) is 60.7 Å². The predicted octanol–water partition coefficient (Wildman–Crippen LogP) is 7.48. The van der Waals surface area contributed by atoms with Gasteiger partial charge in [0.1, 0.15) is 22.0 Å². The summed E-state index contributed by atoms with van der Waals surface area (Å²) < 4.78 is 21.3. The zero-order valence-electron chi connectivity index (χ0n) is 20.8. The first-order valence-corrected chi connectivity index (χ1v) is 14.6. The Labute approximate surface area is 223 Å². The Morgan fingerprint density at radius 1 is 0.462 bits per heavy atom. The maximum atomic E-state index is 14.8. The van der Waals surface area contributed by atoms with Crippen molar-refractivity contribution in [3.63, 3.8) is 0 Å². The summed E-state index contributed by atoms with van der Waals surface area (Å²) in [5.41, 5.74) is 2.50. The third-order valence-electron chi connectivity index (χ3n) is 7.63. The highest BCUT2D eigenvalue weighted by atomic mass is 31.2. The average molecular weight is 521 g/mol. The molecule has 8 aromatic rings. The first-order valence-electron chi connectivity index (χ1n) is 12.9. The van der Waals surface area contributed by atoms with Gasteiger partial charge in [-0.05, 0) is 86.9 Å². The minimum atomic E-state index is -3.31. The highest BCUT2D eigenvalue weighted by molar-refractivity contribution is 7.85. The van der Waals surface area contributed by atoms with Crippen LogP contribution in [0.1, 0.15) is 0 Å². The molecular formula is C34H21N2O2P. The quantitative estimate of drug-likeness (QED) is 0.179. The van der Waals surface area contributed by atoms with Crippen LogP contribution in [0.2, 0.25) is 0 Å². The van der Waals surface area contributed by atoms with E-state index in [2.05, 4.69) is 70.6 Å². The van der Waals surface area contributed by atoms with Crippen LogP contribution in [0, 0.1) is 0 Å². The summed E-state index contributed by atoms with van der Waals surface area (Å²) >= 11 is 0. The maximum Gasteiger partial charge on any atom is 0.206 e. The average Bonchev–Trinajstić information content (AvgIpc) is 3.37. The van der Waals surface area contributed by atoms with Crippen LogP contribution >= 0.6 is 7.14 Å². The molecule has 3 heterocycles. The molecule has 5 heteroatoms. The Balaban J connectivity index is 1.43. The molecule has 0 fully saturated rings. The van der Waals surface area contributed by atoms with E-state index in [0.717, 1.165) is 21.7 Å². The van der Waals surface area contributed by atoms with E-state index in [9.17, 15) is 4.57 Å². The maximum absolute atomic E-state index is 14.8. The van der Waals surface area contributed by atoms with Crippen molar-refractivity contribution in [2.75, 3.05) is 0 Å². The van der Waals surface area contributed by atoms with Crippen LogP contribution in [-0.2, 0) is 4.57 Å². The Morgan fingerprint density at radius 2 is 0.974 bits per heavy atom. The molecule has 0 bridgehead atoms. The van der Waals surface area contributed by atoms with Crippen molar-refractivity contribution in [2.24, 2.45) is 0 Å². The molecule has 5 aromatic carbocycles. The molecule has 0 aliphatic carbocycles. The summed E-state index contributed by atoms with van der Waals surface area (Å²) in [6.07, 6.45) is 3.34. The number of pyridine rings is 2. The van der Waals surface area contributed by atoms with E-state index >= 15 is 0 Å². The lowest BCUT2D eigenvalue weighted by Crippen LogP contribution is -2.28. The molecule has 0 saturated carbocycles. The molecule has 0 amide bonds. The summed E-state index contributed by atoms with van der Waals surface area (Å²) in [6.45, 7) is 0. The van der Waals surface area contributed by atoms with Gasteiger partial charge >= 0.3 is 0 Å². The Hall–Kier alpha value is -4.79. The van der Waals surface area contributed by atoms with E-state index in [-0.39, 0.29) is 0 Å². The number of furan rings is 1. The van der Waals surface area contributed by atoms with Gasteiger partial charge in [0.2, 0.25) is 7.14 Å². The van der Waals surface area contributed by atoms with Crippen LogP contribution in [0.5, 0.6) is 0 Å². The zero-order chi connectivity index (χ0) is 26.0. The fourth-order valence-corrected chi connectivity index (χ4v) is 8.22. The van der Waals surface area contributed by atoms with Crippen LogP contribution < -0.4 is 16.2 Å². The van der Waals surface area contributed by atoms with Crippen LogP contribution in [0.3, 0.4) is 0 Å². The van der Waals surface area contributed by atoms with Gasteiger partial charge < -0.3 is 8.98 Å². The topological polar surface area (TPSA) is 56.0 Å². The summed E-state index contributed by atoms with van der Waals surface area (Å²) in [4.78, 5) is 8.98. The second-order valence-corrected chi connectivity index (χ2v) is 12.4. The van der Waals surface area contributed by atoms with Crippen LogP contribution in [0.4, 0.5) is 0 Å². The van der Waals surface area contributed by atoms with E-state index in [1.54, 1.807) is 24.5 Å². The summed E-state index contributed by atoms with van der Waals surface area (Å²) in [5, 5.41) is 9.90. The van der Waals surface area contributed by atoms with Crippen LogP contribution in [0.25, 0.3) is 54.3 Å². The number of hydrogen-bond acceptors (Lipinski definition) is 4. The summed E-state index contributed by atoms with van der Waals surface area (Å²) in [6, 6.07) is 38.3. The number of nitrogens with zero attached hydrogens (tertiary/aromatic N) is 2. The van der Waals surface area contributed by atoms with Crippen LogP contribution in [0.15, 0.2) is 132 Å². The first-order chi connectivity index (χ1) is 19.2. The van der Waals surface area contributed by atoms with Crippen molar-refractivity contribution in [1.82, 2.24) is 9.97 Å². The van der Waals surface area contributed by atoms with Crippen molar-refractivity contribution in [1.29, 1.82) is 0 Å². The lowest BCUT2D eigenvalue weighted by molar-refractivity contribution is 0.591. The van der Waals surface area contributed by atoms with Gasteiger partial charge in [-0.15, -0.1) is 0 Å². The fourth-order valence-electron chi connectivity index (χ4n) is 5.82. The molecule has 184 valence electrons. The lowest BCUT2D eigenvalue weighted by atomic mass is 9.93. The third-order valence-corrected chi connectivity index (χ3v) is 10.5. The SMILES string of the molecule is O=P(c1ccc2c(c1)oc1cc3c4ccccc4c4ccccc4c3cc12)(c1ccccn1)c1ccccn1. The number of aromatic nitrogens is 2. The molecule has 0 unspecified atom stereocenters. The molecule has 39 heavy (non-hydrogen) atoms. The largest absolute Gasteiger partial charge is 0.456 e. The molecule has 8 rings (SSSR count). The highest BCUT2D eigenvalue weighted by Crippen LogP contribution is 2.43. The second kappa shape index (κ2) is 8.36. The zero-order valence-corrected chi connectivity index (χ0v) is 21.7. The minimum Gasteiger partial charge on any atom is -0.456 e. The predicted molar refractivity (Wildman–Crippen MR) is 161 cm³/mol. The summed E-state index contributed by atoms with van der Waals surface area (Å²) in [5.74, 6) is 0. The van der Waals surface area contributed by atoms with Gasteiger partial charge in [0.05, 0.1) is 0 Å². The molecule has 0 N–H and O–H groups in total. The lowest BCUT2D eigenvalue weighted by Gasteiger charge is -2.17. The van der Waals surface area contributed by atoms with Gasteiger partial charge in [0.15, 0.2) is 0 Å². The summed E-state index contributed by atoms with van der Waals surface area (Å²) in [7, 11) is -3.31. The van der Waals surface area contributed by atoms with Crippen molar-refractivity contribution < 1.29 is 8.98 Å². The van der Waals surface area contributed by atoms with Gasteiger partial charge in [-0.25, -0.2) is 0 Å². The molecule has 0 saturated heterocycles. The van der Waals surface area contributed by atoms with E-state index in [1.165, 1.54) is 26.9 Å². The van der Waals surface area contributed by atoms with Gasteiger partial charge in [0.25, 0.3) is 0 Å². The molecule has 0 aliphatic rings. The molecule has 0 atom stereocenters. The first kappa shape index (κ1) is 22.2. The van der Waals surface area contributed by atoms with Crippen molar-refractivity contribution >= 4 is 77.6 Å². The fraction of sp³-hybridized carbons (Fsp3) is 0. The number of rotatable bonds is 3. The molecule has 3 aromatic heterocycles. The third kappa shape index (κ3) is 3.22. The molecular weight excluding hydrogens is 499 g/mol. The second-order valence-electron chi connectivity index (χ2n) is 9.75. The monoisotopic (exact) mass is 520 g/mol. The Bertz CT molecular complexity index is 2210. The van der Waals surface area contributed by atoms with Gasteiger partial charge in [0, 0.05) is 28.5 Å². The highest BCUT2D eigenvalue weighted by Gasteiger charge is 2.33. The van der Waals surface area contributed by atoms with E-state index in [4.69, 9.17) is 4.42 Å². The molecule has 4 nitrogen and oxygen atoms in total. The molecule has 0 radical (unpaired) electrons. The normalized spacial score (nSPS) is 12.2. The Kier molecular flexibility index (Phi) is 4.76.